The molecule has 0 aliphatic carbocycles. The summed E-state index contributed by atoms with van der Waals surface area (Å²) in [4.78, 5) is 16.1. The quantitative estimate of drug-likeness (QED) is 0.304. The third-order valence-corrected chi connectivity index (χ3v) is 7.02. The second-order valence-electron chi connectivity index (χ2n) is 7.78. The first kappa shape index (κ1) is 23.9. The maximum atomic E-state index is 14.2. The molecule has 3 aromatic heterocycles. The van der Waals surface area contributed by atoms with Crippen molar-refractivity contribution in [3.8, 4) is 40.6 Å². The molecule has 2 aromatic carbocycles. The van der Waals surface area contributed by atoms with Crippen LogP contribution in [-0.4, -0.2) is 34.1 Å². The maximum absolute atomic E-state index is 14.2. The lowest BCUT2D eigenvalue weighted by molar-refractivity contribution is 0.459. The number of H-pyrrole nitrogens is 1. The van der Waals surface area contributed by atoms with E-state index in [1.165, 1.54) is 49.5 Å². The normalized spacial score (nSPS) is 11.3. The third kappa shape index (κ3) is 4.82. The second kappa shape index (κ2) is 9.67. The van der Waals surface area contributed by atoms with Gasteiger partial charge in [-0.15, -0.1) is 0 Å². The van der Waals surface area contributed by atoms with Gasteiger partial charge in [-0.3, -0.25) is 4.98 Å². The van der Waals surface area contributed by atoms with Crippen molar-refractivity contribution in [2.45, 2.75) is 11.9 Å². The van der Waals surface area contributed by atoms with E-state index in [4.69, 9.17) is 9.47 Å². The van der Waals surface area contributed by atoms with Crippen LogP contribution >= 0.6 is 0 Å². The largest absolute Gasteiger partial charge is 0.456 e. The lowest BCUT2D eigenvalue weighted by Gasteiger charge is -2.11. The zero-order chi connectivity index (χ0) is 26.0. The molecule has 184 valence electrons. The molecule has 0 saturated heterocycles. The number of fused-ring (bicyclic) bond motifs is 1. The van der Waals surface area contributed by atoms with E-state index < -0.39 is 15.7 Å². The lowest BCUT2D eigenvalue weighted by Crippen LogP contribution is -2.05. The number of aromatic nitrogens is 4. The Morgan fingerprint density at radius 3 is 2.57 bits per heavy atom. The van der Waals surface area contributed by atoms with Crippen LogP contribution in [0.3, 0.4) is 0 Å². The van der Waals surface area contributed by atoms with Crippen LogP contribution in [-0.2, 0) is 9.84 Å². The predicted molar refractivity (Wildman–Crippen MR) is 133 cm³/mol. The minimum Gasteiger partial charge on any atom is -0.456 e. The van der Waals surface area contributed by atoms with Gasteiger partial charge in [-0.05, 0) is 36.4 Å². The van der Waals surface area contributed by atoms with Gasteiger partial charge >= 0.3 is 0 Å². The van der Waals surface area contributed by atoms with Crippen LogP contribution in [0.5, 0.6) is 23.0 Å². The highest BCUT2D eigenvalue weighted by molar-refractivity contribution is 7.91. The number of hydrogen-bond acceptors (Lipinski definition) is 8. The van der Waals surface area contributed by atoms with Crippen molar-refractivity contribution in [3.05, 3.63) is 84.4 Å². The molecule has 0 bridgehead atoms. The molecular weight excluding hydrogens is 497 g/mol. The Hall–Kier alpha value is -4.82. The van der Waals surface area contributed by atoms with Crippen molar-refractivity contribution >= 4 is 20.9 Å². The molecule has 11 heteroatoms. The number of pyridine rings is 2. The number of nitrogens with zero attached hydrogens (tertiary/aromatic N) is 4. The van der Waals surface area contributed by atoms with Gasteiger partial charge in [-0.2, -0.15) is 5.26 Å². The molecular formula is C26H18FN5O4S. The lowest BCUT2D eigenvalue weighted by atomic mass is 10.2. The van der Waals surface area contributed by atoms with Gasteiger partial charge in [0.25, 0.3) is 0 Å². The summed E-state index contributed by atoms with van der Waals surface area (Å²) in [5.74, 6) is 0.488. The summed E-state index contributed by atoms with van der Waals surface area (Å²) in [5, 5.41) is 9.37. The Bertz CT molecular complexity index is 1750. The molecule has 9 nitrogen and oxygen atoms in total. The average molecular weight is 516 g/mol. The van der Waals surface area contributed by atoms with E-state index in [1.807, 2.05) is 12.1 Å². The first-order valence-corrected chi connectivity index (χ1v) is 12.7. The highest BCUT2D eigenvalue weighted by Crippen LogP contribution is 2.37. The minimum absolute atomic E-state index is 0.0131. The molecule has 0 amide bonds. The van der Waals surface area contributed by atoms with Crippen molar-refractivity contribution in [3.63, 3.8) is 0 Å². The van der Waals surface area contributed by atoms with Crippen LogP contribution in [0.15, 0.2) is 78.1 Å². The van der Waals surface area contributed by atoms with Crippen LogP contribution in [0.4, 0.5) is 4.39 Å². The van der Waals surface area contributed by atoms with Gasteiger partial charge in [0.05, 0.1) is 17.5 Å². The zero-order valence-corrected chi connectivity index (χ0v) is 20.2. The van der Waals surface area contributed by atoms with E-state index in [0.717, 1.165) is 0 Å². The number of sulfone groups is 1. The molecule has 3 heterocycles. The summed E-state index contributed by atoms with van der Waals surface area (Å²) in [5.41, 5.74) is 1.27. The molecule has 37 heavy (non-hydrogen) atoms. The Kier molecular flexibility index (Phi) is 6.25. The van der Waals surface area contributed by atoms with Gasteiger partial charge in [0.1, 0.15) is 45.9 Å². The molecule has 5 aromatic rings. The van der Waals surface area contributed by atoms with E-state index in [9.17, 15) is 18.1 Å². The van der Waals surface area contributed by atoms with Crippen molar-refractivity contribution in [1.82, 2.24) is 19.9 Å². The van der Waals surface area contributed by atoms with Gasteiger partial charge in [-0.1, -0.05) is 19.1 Å². The summed E-state index contributed by atoms with van der Waals surface area (Å²) >= 11 is 0. The number of ether oxygens (including phenoxy) is 2. The number of nitriles is 1. The molecule has 0 spiro atoms. The van der Waals surface area contributed by atoms with Crippen LogP contribution < -0.4 is 9.47 Å². The molecule has 0 unspecified atom stereocenters. The molecule has 0 aliphatic rings. The topological polar surface area (TPSA) is 131 Å². The number of benzene rings is 2. The summed E-state index contributed by atoms with van der Waals surface area (Å²) < 4.78 is 50.2. The van der Waals surface area contributed by atoms with Crippen molar-refractivity contribution in [2.75, 3.05) is 5.75 Å². The van der Waals surface area contributed by atoms with E-state index in [-0.39, 0.29) is 33.6 Å². The van der Waals surface area contributed by atoms with Gasteiger partial charge in [-0.25, -0.2) is 22.8 Å². The second-order valence-corrected chi connectivity index (χ2v) is 10.0. The van der Waals surface area contributed by atoms with E-state index in [0.29, 0.717) is 28.3 Å². The monoisotopic (exact) mass is 515 g/mol. The Morgan fingerprint density at radius 1 is 1.00 bits per heavy atom. The SMILES string of the molecule is CCS(=O)(=O)c1ccc(Oc2cc(Oc3cccc(F)c3C#N)c3nc(-c4ccccn4)[nH]c3c2)cn1. The summed E-state index contributed by atoms with van der Waals surface area (Å²) in [6.45, 7) is 1.54. The highest BCUT2D eigenvalue weighted by Gasteiger charge is 2.18. The van der Waals surface area contributed by atoms with Crippen LogP contribution in [0.2, 0.25) is 0 Å². The van der Waals surface area contributed by atoms with Crippen LogP contribution in [0, 0.1) is 17.1 Å². The zero-order valence-electron chi connectivity index (χ0n) is 19.3. The fourth-order valence-corrected chi connectivity index (χ4v) is 4.32. The summed E-state index contributed by atoms with van der Waals surface area (Å²) in [6, 6.07) is 17.4. The van der Waals surface area contributed by atoms with Gasteiger partial charge in [0, 0.05) is 18.3 Å². The number of aromatic amines is 1. The first-order valence-electron chi connectivity index (χ1n) is 11.1. The average Bonchev–Trinajstić information content (AvgIpc) is 3.34. The van der Waals surface area contributed by atoms with Crippen LogP contribution in [0.25, 0.3) is 22.6 Å². The van der Waals surface area contributed by atoms with E-state index in [1.54, 1.807) is 24.4 Å². The van der Waals surface area contributed by atoms with Gasteiger partial charge < -0.3 is 14.5 Å². The Morgan fingerprint density at radius 2 is 1.86 bits per heavy atom. The fourth-order valence-electron chi connectivity index (χ4n) is 3.53. The molecule has 5 rings (SSSR count). The minimum atomic E-state index is -3.45. The van der Waals surface area contributed by atoms with Gasteiger partial charge in [0.15, 0.2) is 26.4 Å². The third-order valence-electron chi connectivity index (χ3n) is 5.38. The molecule has 0 atom stereocenters. The number of nitrogens with one attached hydrogen (secondary N) is 1. The summed E-state index contributed by atoms with van der Waals surface area (Å²) in [7, 11) is -3.45. The van der Waals surface area contributed by atoms with Gasteiger partial charge in [0.2, 0.25) is 0 Å². The molecule has 1 N–H and O–H groups in total. The Labute approximate surface area is 211 Å². The summed E-state index contributed by atoms with van der Waals surface area (Å²) in [6.07, 6.45) is 2.94. The smallest absolute Gasteiger partial charge is 0.195 e. The van der Waals surface area contributed by atoms with E-state index >= 15 is 0 Å². The molecule has 0 radical (unpaired) electrons. The van der Waals surface area contributed by atoms with Crippen molar-refractivity contribution in [1.29, 1.82) is 5.26 Å². The highest BCUT2D eigenvalue weighted by atomic mass is 32.2. The van der Waals surface area contributed by atoms with Crippen molar-refractivity contribution < 1.29 is 22.3 Å². The number of hydrogen-bond donors (Lipinski definition) is 1. The number of rotatable bonds is 7. The van der Waals surface area contributed by atoms with Crippen LogP contribution in [0.1, 0.15) is 12.5 Å². The first-order chi connectivity index (χ1) is 17.9. The van der Waals surface area contributed by atoms with Crippen molar-refractivity contribution in [2.24, 2.45) is 0 Å². The molecule has 0 aliphatic heterocycles. The fraction of sp³-hybridized carbons (Fsp3) is 0.0769. The number of halogens is 1. The Balaban J connectivity index is 1.58. The molecule has 0 fully saturated rings. The maximum Gasteiger partial charge on any atom is 0.195 e. The predicted octanol–water partition coefficient (Wildman–Crippen LogP) is 5.41. The van der Waals surface area contributed by atoms with E-state index in [2.05, 4.69) is 19.9 Å². The standard InChI is InChI=1S/C26H18FN5O4S/c1-2-37(33,34)24-10-9-16(15-30-24)35-17-12-21-25(32-26(31-21)20-7-3-4-11-29-20)23(13-17)36-22-8-5-6-19(27)18(22)14-28/h3-13,15H,2H2,1H3,(H,31,32). The molecule has 0 saturated carbocycles. The number of imidazole rings is 1.